The number of benzene rings is 1. The van der Waals surface area contributed by atoms with E-state index in [1.165, 1.54) is 0 Å². The van der Waals surface area contributed by atoms with Crippen molar-refractivity contribution in [2.75, 3.05) is 13.7 Å². The van der Waals surface area contributed by atoms with Crippen LogP contribution in [0, 0.1) is 0 Å². The van der Waals surface area contributed by atoms with Crippen LogP contribution in [-0.2, 0) is 10.3 Å². The molecule has 0 bridgehead atoms. The molecule has 1 fully saturated rings. The Morgan fingerprint density at radius 2 is 2.00 bits per heavy atom. The lowest BCUT2D eigenvalue weighted by Crippen LogP contribution is -2.49. The van der Waals surface area contributed by atoms with Crippen molar-refractivity contribution in [3.05, 3.63) is 34.9 Å². The summed E-state index contributed by atoms with van der Waals surface area (Å²) in [7, 11) is 1.84. The van der Waals surface area contributed by atoms with Gasteiger partial charge in [0.05, 0.1) is 0 Å². The van der Waals surface area contributed by atoms with Crippen LogP contribution in [0.25, 0.3) is 0 Å². The van der Waals surface area contributed by atoms with E-state index in [0.717, 1.165) is 31.2 Å². The van der Waals surface area contributed by atoms with Crippen LogP contribution in [0.15, 0.2) is 24.3 Å². The lowest BCUT2D eigenvalue weighted by molar-refractivity contribution is -0.127. The van der Waals surface area contributed by atoms with Crippen LogP contribution in [0.1, 0.15) is 44.6 Å². The molecule has 20 heavy (non-hydrogen) atoms. The fraction of sp³-hybridized carbons (Fsp3) is 0.562. The first-order valence-corrected chi connectivity index (χ1v) is 7.58. The third-order valence-electron chi connectivity index (χ3n) is 3.67. The van der Waals surface area contributed by atoms with Crippen molar-refractivity contribution in [1.29, 1.82) is 0 Å². The lowest BCUT2D eigenvalue weighted by atomic mass is 9.75. The Hall–Kier alpha value is -0.900. The monoisotopic (exact) mass is 297 g/mol. The first-order valence-electron chi connectivity index (χ1n) is 7.20. The van der Waals surface area contributed by atoms with Crippen molar-refractivity contribution in [2.24, 2.45) is 0 Å². The number of aliphatic hydroxyl groups is 1. The molecule has 1 saturated carbocycles. The summed E-state index contributed by atoms with van der Waals surface area (Å²) in [6.07, 6.45) is 4.42. The first kappa shape index (κ1) is 17.2. The van der Waals surface area contributed by atoms with Gasteiger partial charge in [-0.2, -0.15) is 0 Å². The highest BCUT2D eigenvalue weighted by Crippen LogP contribution is 2.37. The largest absolute Gasteiger partial charge is 0.396 e. The molecule has 0 heterocycles. The maximum Gasteiger partial charge on any atom is 0.157 e. The molecule has 1 unspecified atom stereocenters. The molecule has 3 nitrogen and oxygen atoms in total. The molecular formula is C16H24ClNO2. The Labute approximate surface area is 126 Å². The lowest BCUT2D eigenvalue weighted by Gasteiger charge is -2.36. The molecule has 0 amide bonds. The quantitative estimate of drug-likeness (QED) is 0.900. The van der Waals surface area contributed by atoms with Crippen LogP contribution in [-0.4, -0.2) is 24.5 Å². The zero-order valence-corrected chi connectivity index (χ0v) is 13.0. The summed E-state index contributed by atoms with van der Waals surface area (Å²) in [6.45, 7) is 2.25. The summed E-state index contributed by atoms with van der Waals surface area (Å²) in [4.78, 5) is 12.2. The standard InChI is InChI=1S/C13H16ClNO.C3H8O/c1-15-13(9-5-4-8-12(13)16)10-6-2-3-7-11(10)14;1-2-3-4/h2-3,6-7,15H,4-5,8-9H2,1H3;4H,2-3H2,1H3. The van der Waals surface area contributed by atoms with Crippen molar-refractivity contribution < 1.29 is 9.90 Å². The minimum Gasteiger partial charge on any atom is -0.396 e. The van der Waals surface area contributed by atoms with E-state index >= 15 is 0 Å². The highest BCUT2D eigenvalue weighted by atomic mass is 35.5. The van der Waals surface area contributed by atoms with E-state index in [1.807, 2.05) is 38.2 Å². The Balaban J connectivity index is 0.000000444. The van der Waals surface area contributed by atoms with Gasteiger partial charge >= 0.3 is 0 Å². The molecule has 0 aliphatic heterocycles. The second-order valence-corrected chi connectivity index (χ2v) is 5.40. The number of ketones is 1. The molecule has 1 aliphatic rings. The number of rotatable bonds is 3. The Morgan fingerprint density at radius 3 is 2.50 bits per heavy atom. The molecule has 2 N–H and O–H groups in total. The van der Waals surface area contributed by atoms with E-state index in [-0.39, 0.29) is 5.78 Å². The van der Waals surface area contributed by atoms with Gasteiger partial charge in [0, 0.05) is 18.1 Å². The molecule has 2 rings (SSSR count). The van der Waals surface area contributed by atoms with E-state index in [4.69, 9.17) is 16.7 Å². The van der Waals surface area contributed by atoms with Crippen LogP contribution in [0.2, 0.25) is 5.02 Å². The first-order chi connectivity index (χ1) is 9.62. The predicted molar refractivity (Wildman–Crippen MR) is 83.0 cm³/mol. The number of nitrogens with one attached hydrogen (secondary N) is 1. The van der Waals surface area contributed by atoms with Gasteiger partial charge in [0.2, 0.25) is 0 Å². The van der Waals surface area contributed by atoms with Crippen molar-refractivity contribution in [3.8, 4) is 0 Å². The number of carbonyl (C=O) groups is 1. The molecule has 1 atom stereocenters. The number of aliphatic hydroxyl groups excluding tert-OH is 1. The molecule has 0 saturated heterocycles. The van der Waals surface area contributed by atoms with Crippen molar-refractivity contribution in [1.82, 2.24) is 5.32 Å². The Bertz CT molecular complexity index is 434. The van der Waals surface area contributed by atoms with Crippen LogP contribution in [0.3, 0.4) is 0 Å². The molecule has 1 aromatic rings. The Morgan fingerprint density at radius 1 is 1.35 bits per heavy atom. The smallest absolute Gasteiger partial charge is 0.157 e. The van der Waals surface area contributed by atoms with E-state index in [0.29, 0.717) is 18.1 Å². The number of hydrogen-bond acceptors (Lipinski definition) is 3. The maximum atomic E-state index is 12.2. The van der Waals surface area contributed by atoms with E-state index in [2.05, 4.69) is 5.32 Å². The zero-order valence-electron chi connectivity index (χ0n) is 12.3. The third kappa shape index (κ3) is 3.81. The predicted octanol–water partition coefficient (Wildman–Crippen LogP) is 3.29. The maximum absolute atomic E-state index is 12.2. The van der Waals surface area contributed by atoms with Gasteiger partial charge in [0.1, 0.15) is 5.54 Å². The zero-order chi connectivity index (χ0) is 15.0. The van der Waals surface area contributed by atoms with E-state index in [9.17, 15) is 4.79 Å². The van der Waals surface area contributed by atoms with Gasteiger partial charge < -0.3 is 10.4 Å². The van der Waals surface area contributed by atoms with Gasteiger partial charge in [-0.1, -0.05) is 43.1 Å². The highest BCUT2D eigenvalue weighted by molar-refractivity contribution is 6.31. The SMILES string of the molecule is CCCO.CNC1(c2ccccc2Cl)CCCCC1=O. The summed E-state index contributed by atoms with van der Waals surface area (Å²) in [5, 5.41) is 11.7. The third-order valence-corrected chi connectivity index (χ3v) is 4.00. The second-order valence-electron chi connectivity index (χ2n) is 4.99. The summed E-state index contributed by atoms with van der Waals surface area (Å²) in [6, 6.07) is 7.62. The summed E-state index contributed by atoms with van der Waals surface area (Å²) >= 11 is 6.20. The van der Waals surface area contributed by atoms with Gasteiger partial charge in [-0.25, -0.2) is 0 Å². The summed E-state index contributed by atoms with van der Waals surface area (Å²) < 4.78 is 0. The fourth-order valence-electron chi connectivity index (χ4n) is 2.52. The van der Waals surface area contributed by atoms with Crippen LogP contribution in [0.4, 0.5) is 0 Å². The van der Waals surface area contributed by atoms with E-state index < -0.39 is 5.54 Å². The minimum absolute atomic E-state index is 0.259. The number of likely N-dealkylation sites (N-methyl/N-ethyl adjacent to an activating group) is 1. The summed E-state index contributed by atoms with van der Waals surface area (Å²) in [5.74, 6) is 0.259. The van der Waals surface area contributed by atoms with Gasteiger partial charge in [-0.3, -0.25) is 4.79 Å². The average Bonchev–Trinajstić information content (AvgIpc) is 2.49. The van der Waals surface area contributed by atoms with Gasteiger partial charge in [0.25, 0.3) is 0 Å². The van der Waals surface area contributed by atoms with Gasteiger partial charge in [0.15, 0.2) is 5.78 Å². The molecule has 1 aliphatic carbocycles. The van der Waals surface area contributed by atoms with Gasteiger partial charge in [-0.05, 0) is 37.9 Å². The highest BCUT2D eigenvalue weighted by Gasteiger charge is 2.40. The van der Waals surface area contributed by atoms with Crippen molar-refractivity contribution in [3.63, 3.8) is 0 Å². The topological polar surface area (TPSA) is 49.3 Å². The number of hydrogen-bond donors (Lipinski definition) is 2. The normalized spacial score (nSPS) is 22.1. The summed E-state index contributed by atoms with van der Waals surface area (Å²) in [5.41, 5.74) is 0.361. The molecule has 0 radical (unpaired) electrons. The van der Waals surface area contributed by atoms with Gasteiger partial charge in [-0.15, -0.1) is 0 Å². The van der Waals surface area contributed by atoms with E-state index in [1.54, 1.807) is 0 Å². The van der Waals surface area contributed by atoms with Crippen molar-refractivity contribution in [2.45, 2.75) is 44.6 Å². The number of carbonyl (C=O) groups excluding carboxylic acids is 1. The molecule has 1 aromatic carbocycles. The minimum atomic E-state index is -0.559. The fourth-order valence-corrected chi connectivity index (χ4v) is 2.82. The second kappa shape index (κ2) is 8.40. The molecule has 112 valence electrons. The number of halogens is 1. The van der Waals surface area contributed by atoms with Crippen LogP contribution >= 0.6 is 11.6 Å². The molecule has 0 spiro atoms. The molecule has 4 heteroatoms. The average molecular weight is 298 g/mol. The van der Waals surface area contributed by atoms with Crippen LogP contribution in [0.5, 0.6) is 0 Å². The van der Waals surface area contributed by atoms with Crippen LogP contribution < -0.4 is 5.32 Å². The molecule has 0 aromatic heterocycles. The van der Waals surface area contributed by atoms with Crippen molar-refractivity contribution >= 4 is 17.4 Å². The number of Topliss-reactive ketones (excluding diaryl/α,β-unsaturated/α-hetero) is 1. The molecular weight excluding hydrogens is 274 g/mol. The Kier molecular flexibility index (Phi) is 7.20.